The zero-order valence-corrected chi connectivity index (χ0v) is 13.7. The number of hydrogen-bond acceptors (Lipinski definition) is 3. The van der Waals surface area contributed by atoms with Crippen molar-refractivity contribution in [3.05, 3.63) is 28.8 Å². The summed E-state index contributed by atoms with van der Waals surface area (Å²) in [5.41, 5.74) is 4.82. The van der Waals surface area contributed by atoms with E-state index < -0.39 is 0 Å². The minimum absolute atomic E-state index is 0.186. The van der Waals surface area contributed by atoms with Crippen molar-refractivity contribution in [2.45, 2.75) is 45.4 Å². The molecular formula is C18H26N2O. The first-order chi connectivity index (χ1) is 10.0. The highest BCUT2D eigenvalue weighted by Crippen LogP contribution is 2.41. The Morgan fingerprint density at radius 3 is 2.76 bits per heavy atom. The second-order valence-corrected chi connectivity index (χ2v) is 6.46. The molecule has 0 unspecified atom stereocenters. The van der Waals surface area contributed by atoms with E-state index in [0.29, 0.717) is 0 Å². The van der Waals surface area contributed by atoms with Gasteiger partial charge in [-0.2, -0.15) is 5.26 Å². The van der Waals surface area contributed by atoms with Crippen molar-refractivity contribution in [2.75, 3.05) is 31.7 Å². The van der Waals surface area contributed by atoms with Crippen LogP contribution in [-0.4, -0.2) is 26.8 Å². The van der Waals surface area contributed by atoms with E-state index in [1.54, 1.807) is 7.11 Å². The van der Waals surface area contributed by atoms with E-state index >= 15 is 0 Å². The summed E-state index contributed by atoms with van der Waals surface area (Å²) in [4.78, 5) is 2.42. The highest BCUT2D eigenvalue weighted by Gasteiger charge is 2.31. The van der Waals surface area contributed by atoms with Crippen molar-refractivity contribution in [1.29, 1.82) is 5.26 Å². The fraction of sp³-hybridized carbons (Fsp3) is 0.611. The molecule has 3 nitrogen and oxygen atoms in total. The lowest BCUT2D eigenvalue weighted by molar-refractivity contribution is 0.195. The summed E-state index contributed by atoms with van der Waals surface area (Å²) in [6.45, 7) is 9.57. The molecule has 1 heterocycles. The van der Waals surface area contributed by atoms with Crippen molar-refractivity contribution < 1.29 is 4.74 Å². The monoisotopic (exact) mass is 286 g/mol. The first-order valence-corrected chi connectivity index (χ1v) is 7.85. The fourth-order valence-electron chi connectivity index (χ4n) is 3.13. The number of anilines is 1. The Balaban J connectivity index is 2.41. The molecule has 1 aliphatic heterocycles. The van der Waals surface area contributed by atoms with Crippen molar-refractivity contribution >= 4 is 5.69 Å². The first-order valence-electron chi connectivity index (χ1n) is 7.85. The summed E-state index contributed by atoms with van der Waals surface area (Å²) in [6, 6.07) is 6.72. The Morgan fingerprint density at radius 2 is 2.14 bits per heavy atom. The van der Waals surface area contributed by atoms with Gasteiger partial charge in [0.05, 0.1) is 11.6 Å². The van der Waals surface area contributed by atoms with Gasteiger partial charge in [0.25, 0.3) is 0 Å². The van der Waals surface area contributed by atoms with Crippen LogP contribution in [0.2, 0.25) is 0 Å². The third kappa shape index (κ3) is 3.22. The Kier molecular flexibility index (Phi) is 4.90. The van der Waals surface area contributed by atoms with Gasteiger partial charge in [0.15, 0.2) is 0 Å². The Labute approximate surface area is 128 Å². The van der Waals surface area contributed by atoms with E-state index in [2.05, 4.69) is 43.9 Å². The van der Waals surface area contributed by atoms with Crippen molar-refractivity contribution in [2.24, 2.45) is 0 Å². The van der Waals surface area contributed by atoms with Crippen LogP contribution in [0.5, 0.6) is 0 Å². The molecule has 1 aliphatic rings. The minimum atomic E-state index is 0.186. The standard InChI is InChI=1S/C18H26N2O/c1-5-14-11-16-17(12-15(14)13-19)20(8-6-10-21-4)9-7-18(16,2)3/h11-12H,5-10H2,1-4H3. The maximum atomic E-state index is 9.39. The van der Waals surface area contributed by atoms with Crippen LogP contribution in [0.4, 0.5) is 5.69 Å². The van der Waals surface area contributed by atoms with Crippen molar-refractivity contribution in [3.63, 3.8) is 0 Å². The Morgan fingerprint density at radius 1 is 1.38 bits per heavy atom. The van der Waals surface area contributed by atoms with Gasteiger partial charge in [0.1, 0.15) is 0 Å². The summed E-state index contributed by atoms with van der Waals surface area (Å²) in [5, 5.41) is 9.39. The summed E-state index contributed by atoms with van der Waals surface area (Å²) in [5.74, 6) is 0. The van der Waals surface area contributed by atoms with E-state index in [9.17, 15) is 5.26 Å². The number of nitriles is 1. The molecule has 1 aromatic rings. The Bertz CT molecular complexity index is 543. The molecule has 0 amide bonds. The number of ether oxygens (including phenoxy) is 1. The smallest absolute Gasteiger partial charge is 0.0995 e. The van der Waals surface area contributed by atoms with Gasteiger partial charge in [-0.3, -0.25) is 0 Å². The maximum Gasteiger partial charge on any atom is 0.0995 e. The molecule has 0 atom stereocenters. The average molecular weight is 286 g/mol. The SMILES string of the molecule is CCc1cc2c(cc1C#N)N(CCCOC)CCC2(C)C. The lowest BCUT2D eigenvalue weighted by Crippen LogP contribution is -2.38. The molecule has 0 aliphatic carbocycles. The maximum absolute atomic E-state index is 9.39. The van der Waals surface area contributed by atoms with Gasteiger partial charge in [-0.05, 0) is 41.9 Å². The second-order valence-electron chi connectivity index (χ2n) is 6.46. The molecule has 0 radical (unpaired) electrons. The molecule has 0 bridgehead atoms. The summed E-state index contributed by atoms with van der Waals surface area (Å²) in [6.07, 6.45) is 3.09. The number of hydrogen-bond donors (Lipinski definition) is 0. The van der Waals surface area contributed by atoms with Gasteiger partial charge >= 0.3 is 0 Å². The van der Waals surface area contributed by atoms with Gasteiger partial charge in [-0.25, -0.2) is 0 Å². The average Bonchev–Trinajstić information content (AvgIpc) is 2.48. The molecule has 0 saturated carbocycles. The van der Waals surface area contributed by atoms with Crippen LogP contribution < -0.4 is 4.90 Å². The molecule has 0 spiro atoms. The molecule has 0 fully saturated rings. The summed E-state index contributed by atoms with van der Waals surface area (Å²) in [7, 11) is 1.74. The van der Waals surface area contributed by atoms with Crippen LogP contribution >= 0.6 is 0 Å². The molecular weight excluding hydrogens is 260 g/mol. The summed E-state index contributed by atoms with van der Waals surface area (Å²) < 4.78 is 5.16. The van der Waals surface area contributed by atoms with E-state index in [-0.39, 0.29) is 5.41 Å². The summed E-state index contributed by atoms with van der Waals surface area (Å²) >= 11 is 0. The number of rotatable bonds is 5. The van der Waals surface area contributed by atoms with E-state index in [1.165, 1.54) is 16.8 Å². The minimum Gasteiger partial charge on any atom is -0.385 e. The number of fused-ring (bicyclic) bond motifs is 1. The predicted octanol–water partition coefficient (Wildman–Crippen LogP) is 3.64. The highest BCUT2D eigenvalue weighted by atomic mass is 16.5. The van der Waals surface area contributed by atoms with Gasteiger partial charge in [0.2, 0.25) is 0 Å². The van der Waals surface area contributed by atoms with Crippen LogP contribution in [0, 0.1) is 11.3 Å². The zero-order valence-electron chi connectivity index (χ0n) is 13.7. The number of benzene rings is 1. The lowest BCUT2D eigenvalue weighted by Gasteiger charge is -2.41. The normalized spacial score (nSPS) is 16.4. The number of aryl methyl sites for hydroxylation is 1. The predicted molar refractivity (Wildman–Crippen MR) is 86.9 cm³/mol. The van der Waals surface area contributed by atoms with Gasteiger partial charge in [0, 0.05) is 32.5 Å². The molecule has 1 aromatic carbocycles. The topological polar surface area (TPSA) is 36.3 Å². The number of methoxy groups -OCH3 is 1. The van der Waals surface area contributed by atoms with Crippen molar-refractivity contribution in [3.8, 4) is 6.07 Å². The first kappa shape index (κ1) is 15.9. The van der Waals surface area contributed by atoms with Gasteiger partial charge < -0.3 is 9.64 Å². The van der Waals surface area contributed by atoms with Gasteiger partial charge in [-0.1, -0.05) is 26.8 Å². The zero-order chi connectivity index (χ0) is 15.5. The Hall–Kier alpha value is -1.53. The molecule has 0 N–H and O–H groups in total. The van der Waals surface area contributed by atoms with E-state index in [0.717, 1.165) is 44.5 Å². The van der Waals surface area contributed by atoms with E-state index in [4.69, 9.17) is 4.74 Å². The van der Waals surface area contributed by atoms with E-state index in [1.807, 2.05) is 0 Å². The molecule has 0 saturated heterocycles. The molecule has 21 heavy (non-hydrogen) atoms. The third-order valence-corrected chi connectivity index (χ3v) is 4.58. The number of nitrogens with zero attached hydrogens (tertiary/aromatic N) is 2. The van der Waals surface area contributed by atoms with Crippen molar-refractivity contribution in [1.82, 2.24) is 0 Å². The van der Waals surface area contributed by atoms with Crippen LogP contribution in [0.15, 0.2) is 12.1 Å². The second kappa shape index (κ2) is 6.49. The quantitative estimate of drug-likeness (QED) is 0.775. The lowest BCUT2D eigenvalue weighted by atomic mass is 9.76. The largest absolute Gasteiger partial charge is 0.385 e. The van der Waals surface area contributed by atoms with Crippen LogP contribution in [0.25, 0.3) is 0 Å². The van der Waals surface area contributed by atoms with Crippen LogP contribution in [0.1, 0.15) is 50.3 Å². The van der Waals surface area contributed by atoms with Crippen LogP contribution in [0.3, 0.4) is 0 Å². The fourth-order valence-corrected chi connectivity index (χ4v) is 3.13. The third-order valence-electron chi connectivity index (χ3n) is 4.58. The molecule has 2 rings (SSSR count). The van der Waals surface area contributed by atoms with Gasteiger partial charge in [-0.15, -0.1) is 0 Å². The highest BCUT2D eigenvalue weighted by molar-refractivity contribution is 5.64. The molecule has 0 aromatic heterocycles. The molecule has 114 valence electrons. The molecule has 3 heteroatoms. The van der Waals surface area contributed by atoms with Crippen LogP contribution in [-0.2, 0) is 16.6 Å².